The van der Waals surface area contributed by atoms with E-state index in [0.29, 0.717) is 12.8 Å². The van der Waals surface area contributed by atoms with Crippen molar-refractivity contribution in [3.8, 4) is 0 Å². The third kappa shape index (κ3) is 38.6. The number of phosphoric acid groups is 1. The molecule has 0 saturated heterocycles. The predicted molar refractivity (Wildman–Crippen MR) is 207 cm³/mol. The lowest BCUT2D eigenvalue weighted by atomic mass is 10.0. The molecule has 0 aromatic rings. The molecule has 1 atom stereocenters. The van der Waals surface area contributed by atoms with Crippen LogP contribution in [-0.2, 0) is 28.2 Å². The average molecular weight is 723 g/mol. The van der Waals surface area contributed by atoms with Gasteiger partial charge in [0.1, 0.15) is 6.61 Å². The summed E-state index contributed by atoms with van der Waals surface area (Å²) in [5, 5.41) is 0. The minimum atomic E-state index is -4.78. The molecule has 0 amide bonds. The van der Waals surface area contributed by atoms with E-state index >= 15 is 0 Å². The number of ether oxygens (including phenoxy) is 2. The molecule has 0 aromatic carbocycles. The molecule has 50 heavy (non-hydrogen) atoms. The van der Waals surface area contributed by atoms with Gasteiger partial charge in [0.15, 0.2) is 6.10 Å². The van der Waals surface area contributed by atoms with Gasteiger partial charge >= 0.3 is 19.8 Å². The van der Waals surface area contributed by atoms with Crippen LogP contribution in [0.15, 0.2) is 60.8 Å². The molecule has 0 saturated carbocycles. The molecule has 0 aromatic heterocycles. The highest BCUT2D eigenvalue weighted by Crippen LogP contribution is 2.35. The summed E-state index contributed by atoms with van der Waals surface area (Å²) < 4.78 is 26.2. The Morgan fingerprint density at radius 2 is 0.940 bits per heavy atom. The van der Waals surface area contributed by atoms with Crippen molar-refractivity contribution in [3.05, 3.63) is 60.8 Å². The molecule has 0 spiro atoms. The van der Waals surface area contributed by atoms with E-state index in [1.807, 2.05) is 12.2 Å². The van der Waals surface area contributed by atoms with E-state index < -0.39 is 32.5 Å². The van der Waals surface area contributed by atoms with E-state index in [-0.39, 0.29) is 19.4 Å². The highest BCUT2D eigenvalue weighted by atomic mass is 31.2. The van der Waals surface area contributed by atoms with Crippen LogP contribution in [0.3, 0.4) is 0 Å². The Kier molecular flexibility index (Phi) is 34.9. The van der Waals surface area contributed by atoms with Crippen LogP contribution in [0.4, 0.5) is 0 Å². The zero-order valence-electron chi connectivity index (χ0n) is 31.5. The van der Waals surface area contributed by atoms with Gasteiger partial charge in [0, 0.05) is 6.42 Å². The Morgan fingerprint density at radius 3 is 1.36 bits per heavy atom. The summed E-state index contributed by atoms with van der Waals surface area (Å²) in [6.07, 6.45) is 45.4. The Hall–Kier alpha value is -2.25. The van der Waals surface area contributed by atoms with Crippen molar-refractivity contribution in [2.75, 3.05) is 13.2 Å². The van der Waals surface area contributed by atoms with Crippen molar-refractivity contribution in [3.63, 3.8) is 0 Å². The molecule has 0 bridgehead atoms. The van der Waals surface area contributed by atoms with Crippen LogP contribution in [0.5, 0.6) is 0 Å². The van der Waals surface area contributed by atoms with Crippen LogP contribution in [0.2, 0.25) is 0 Å². The van der Waals surface area contributed by atoms with E-state index in [2.05, 4.69) is 60.9 Å². The zero-order valence-corrected chi connectivity index (χ0v) is 32.4. The van der Waals surface area contributed by atoms with Gasteiger partial charge in [-0.25, -0.2) is 4.57 Å². The lowest BCUT2D eigenvalue weighted by Gasteiger charge is -2.18. The lowest BCUT2D eigenvalue weighted by Crippen LogP contribution is -2.29. The van der Waals surface area contributed by atoms with Gasteiger partial charge in [-0.1, -0.05) is 177 Å². The van der Waals surface area contributed by atoms with Crippen LogP contribution >= 0.6 is 7.82 Å². The average Bonchev–Trinajstić information content (AvgIpc) is 3.08. The zero-order chi connectivity index (χ0) is 36.8. The molecule has 288 valence electrons. The summed E-state index contributed by atoms with van der Waals surface area (Å²) in [6, 6.07) is 0. The van der Waals surface area contributed by atoms with Crippen LogP contribution < -0.4 is 0 Å². The lowest BCUT2D eigenvalue weighted by molar-refractivity contribution is -0.160. The minimum absolute atomic E-state index is 0.0207. The van der Waals surface area contributed by atoms with Gasteiger partial charge in [-0.2, -0.15) is 0 Å². The minimum Gasteiger partial charge on any atom is -0.462 e. The molecule has 8 nitrogen and oxygen atoms in total. The maximum absolute atomic E-state index is 12.3. The van der Waals surface area contributed by atoms with E-state index in [1.54, 1.807) is 6.08 Å². The molecule has 2 N–H and O–H groups in total. The number of esters is 2. The second-order valence-electron chi connectivity index (χ2n) is 12.9. The smallest absolute Gasteiger partial charge is 0.462 e. The van der Waals surface area contributed by atoms with E-state index in [0.717, 1.165) is 38.5 Å². The Morgan fingerprint density at radius 1 is 0.540 bits per heavy atom. The molecular weight excluding hydrogens is 651 g/mol. The van der Waals surface area contributed by atoms with Crippen molar-refractivity contribution in [1.82, 2.24) is 0 Å². The predicted octanol–water partition coefficient (Wildman–Crippen LogP) is 11.7. The van der Waals surface area contributed by atoms with Gasteiger partial charge < -0.3 is 19.3 Å². The molecule has 9 heteroatoms. The maximum Gasteiger partial charge on any atom is 0.469 e. The second-order valence-corrected chi connectivity index (χ2v) is 14.1. The van der Waals surface area contributed by atoms with Crippen molar-refractivity contribution < 1.29 is 37.9 Å². The molecular formula is C41H71O8P. The Balaban J connectivity index is 4.05. The SMILES string of the molecule is CC/C=C\C/C=C\C/C=C\C/C=C\C/C=C\CC(=O)OC(COC(=O)CCCCCCCCCCCCCCCCCCC)COP(=O)(O)O. The summed E-state index contributed by atoms with van der Waals surface area (Å²) in [7, 11) is -4.78. The van der Waals surface area contributed by atoms with Crippen molar-refractivity contribution in [1.29, 1.82) is 0 Å². The van der Waals surface area contributed by atoms with Gasteiger partial charge in [0.2, 0.25) is 0 Å². The van der Waals surface area contributed by atoms with Crippen LogP contribution in [0.25, 0.3) is 0 Å². The highest BCUT2D eigenvalue weighted by molar-refractivity contribution is 7.46. The summed E-state index contributed by atoms with van der Waals surface area (Å²) >= 11 is 0. The molecule has 0 fully saturated rings. The molecule has 0 aliphatic rings. The molecule has 0 aliphatic carbocycles. The van der Waals surface area contributed by atoms with E-state index in [1.165, 1.54) is 89.9 Å². The van der Waals surface area contributed by atoms with Crippen molar-refractivity contribution >= 4 is 19.8 Å². The van der Waals surface area contributed by atoms with Crippen LogP contribution in [0, 0.1) is 0 Å². The molecule has 0 radical (unpaired) electrons. The van der Waals surface area contributed by atoms with E-state index in [4.69, 9.17) is 19.3 Å². The molecule has 0 aliphatic heterocycles. The summed E-state index contributed by atoms with van der Waals surface area (Å²) in [6.45, 7) is 3.48. The molecule has 0 heterocycles. The maximum atomic E-state index is 12.3. The molecule has 0 rings (SSSR count). The Bertz CT molecular complexity index is 995. The monoisotopic (exact) mass is 722 g/mol. The largest absolute Gasteiger partial charge is 0.469 e. The van der Waals surface area contributed by atoms with Crippen molar-refractivity contribution in [2.45, 2.75) is 174 Å². The Labute approximate surface area is 305 Å². The summed E-state index contributed by atoms with van der Waals surface area (Å²) in [5.74, 6) is -1.03. The third-order valence-corrected chi connectivity index (χ3v) is 8.57. The van der Waals surface area contributed by atoms with Gasteiger partial charge in [0.25, 0.3) is 0 Å². The number of allylic oxidation sites excluding steroid dienone is 9. The standard InChI is InChI=1S/C41H71O8P/c1-3-5-7-9-11-13-15-17-19-20-22-23-25-27-29-31-33-35-40(42)47-37-39(38-48-50(44,45)46)49-41(43)36-34-32-30-28-26-24-21-18-16-14-12-10-8-6-4-2/h6,8,12,14,18,21,26,28,32,34,39H,3-5,7,9-11,13,15-17,19-20,22-25,27,29-31,33,35-38H2,1-2H3,(H2,44,45,46)/b8-6-,14-12-,21-18-,28-26-,34-32-. The number of rotatable bonds is 35. The number of unbranched alkanes of at least 4 members (excludes halogenated alkanes) is 16. The number of carbonyl (C=O) groups is 2. The first-order valence-electron chi connectivity index (χ1n) is 19.6. The summed E-state index contributed by atoms with van der Waals surface area (Å²) in [5.41, 5.74) is 0. The highest BCUT2D eigenvalue weighted by Gasteiger charge is 2.22. The first-order valence-corrected chi connectivity index (χ1v) is 21.1. The van der Waals surface area contributed by atoms with E-state index in [9.17, 15) is 14.2 Å². The normalized spacial score (nSPS) is 13.1. The fourth-order valence-electron chi connectivity index (χ4n) is 5.21. The number of hydrogen-bond acceptors (Lipinski definition) is 6. The second kappa shape index (κ2) is 36.5. The third-order valence-electron chi connectivity index (χ3n) is 8.08. The fraction of sp³-hybridized carbons (Fsp3) is 0.707. The van der Waals surface area contributed by atoms with Gasteiger partial charge in [-0.3, -0.25) is 14.1 Å². The number of hydrogen-bond donors (Lipinski definition) is 2. The topological polar surface area (TPSA) is 119 Å². The first-order chi connectivity index (χ1) is 24.3. The number of carbonyl (C=O) groups excluding carboxylic acids is 2. The molecule has 1 unspecified atom stereocenters. The quantitative estimate of drug-likeness (QED) is 0.0287. The van der Waals surface area contributed by atoms with Gasteiger partial charge in [-0.05, 0) is 38.5 Å². The first kappa shape index (κ1) is 47.8. The van der Waals surface area contributed by atoms with Gasteiger partial charge in [0.05, 0.1) is 13.0 Å². The summed E-state index contributed by atoms with van der Waals surface area (Å²) in [4.78, 5) is 42.7. The van der Waals surface area contributed by atoms with Crippen LogP contribution in [-0.4, -0.2) is 41.0 Å². The van der Waals surface area contributed by atoms with Gasteiger partial charge in [-0.15, -0.1) is 0 Å². The fourth-order valence-corrected chi connectivity index (χ4v) is 5.57. The van der Waals surface area contributed by atoms with Crippen molar-refractivity contribution in [2.24, 2.45) is 0 Å². The van der Waals surface area contributed by atoms with Crippen LogP contribution in [0.1, 0.15) is 168 Å². The number of phosphoric ester groups is 1.